The molecule has 0 aliphatic heterocycles. The van der Waals surface area contributed by atoms with Gasteiger partial charge in [-0.3, -0.25) is 4.99 Å². The second-order valence-corrected chi connectivity index (χ2v) is 4.93. The molecule has 4 nitrogen and oxygen atoms in total. The molecule has 0 fully saturated rings. The fraction of sp³-hybridized carbons (Fsp3) is 0.917. The molecular formula is C12H27N3O. The molecule has 0 amide bonds. The molecule has 4 heteroatoms. The number of nitrogens with zero attached hydrogens (tertiary/aromatic N) is 2. The minimum Gasteiger partial charge on any atom is -0.383 e. The predicted molar refractivity (Wildman–Crippen MR) is 69.6 cm³/mol. The van der Waals surface area contributed by atoms with E-state index in [0.717, 1.165) is 19.6 Å². The zero-order valence-electron chi connectivity index (χ0n) is 11.4. The van der Waals surface area contributed by atoms with Crippen LogP contribution in [-0.4, -0.2) is 44.2 Å². The van der Waals surface area contributed by atoms with Crippen molar-refractivity contribution >= 4 is 5.96 Å². The van der Waals surface area contributed by atoms with Crippen LogP contribution in [-0.2, 0) is 4.74 Å². The lowest BCUT2D eigenvalue weighted by Gasteiger charge is -2.25. The van der Waals surface area contributed by atoms with Gasteiger partial charge in [0.15, 0.2) is 5.96 Å². The van der Waals surface area contributed by atoms with Crippen LogP contribution in [0.25, 0.3) is 0 Å². The lowest BCUT2D eigenvalue weighted by atomic mass is 10.2. The van der Waals surface area contributed by atoms with E-state index in [1.165, 1.54) is 0 Å². The Morgan fingerprint density at radius 3 is 2.31 bits per heavy atom. The van der Waals surface area contributed by atoms with Crippen LogP contribution < -0.4 is 5.73 Å². The molecule has 96 valence electrons. The van der Waals surface area contributed by atoms with Crippen LogP contribution in [0.5, 0.6) is 0 Å². The summed E-state index contributed by atoms with van der Waals surface area (Å²) in [5, 5.41) is 0. The summed E-state index contributed by atoms with van der Waals surface area (Å²) in [7, 11) is 1.70. The van der Waals surface area contributed by atoms with Gasteiger partial charge >= 0.3 is 0 Å². The Balaban J connectivity index is 4.29. The number of methoxy groups -OCH3 is 1. The maximum atomic E-state index is 5.98. The molecule has 0 aliphatic carbocycles. The van der Waals surface area contributed by atoms with Crippen molar-refractivity contribution in [1.82, 2.24) is 4.90 Å². The zero-order chi connectivity index (χ0) is 12.6. The van der Waals surface area contributed by atoms with Crippen molar-refractivity contribution in [2.24, 2.45) is 22.6 Å². The van der Waals surface area contributed by atoms with Gasteiger partial charge in [0.05, 0.1) is 6.61 Å². The molecule has 0 aromatic carbocycles. The number of aliphatic imine (C=N–C) groups is 1. The Bertz CT molecular complexity index is 202. The monoisotopic (exact) mass is 229 g/mol. The van der Waals surface area contributed by atoms with Crippen molar-refractivity contribution in [3.8, 4) is 0 Å². The third-order valence-corrected chi connectivity index (χ3v) is 2.09. The number of hydrogen-bond donors (Lipinski definition) is 1. The molecule has 0 aromatic heterocycles. The van der Waals surface area contributed by atoms with Gasteiger partial charge in [-0.1, -0.05) is 27.7 Å². The van der Waals surface area contributed by atoms with Crippen molar-refractivity contribution in [2.75, 3.05) is 33.4 Å². The first-order chi connectivity index (χ1) is 7.47. The maximum absolute atomic E-state index is 5.98. The van der Waals surface area contributed by atoms with Crippen LogP contribution in [0.2, 0.25) is 0 Å². The molecular weight excluding hydrogens is 202 g/mol. The van der Waals surface area contributed by atoms with Gasteiger partial charge in [-0.05, 0) is 11.8 Å². The summed E-state index contributed by atoms with van der Waals surface area (Å²) >= 11 is 0. The summed E-state index contributed by atoms with van der Waals surface area (Å²) in [5.74, 6) is 1.76. The van der Waals surface area contributed by atoms with E-state index in [2.05, 4.69) is 37.6 Å². The van der Waals surface area contributed by atoms with Crippen LogP contribution in [0.4, 0.5) is 0 Å². The standard InChI is InChI=1S/C12H27N3O/c1-10(2)8-14-12(13)15(6-7-16-5)9-11(3)4/h10-11H,6-9H2,1-5H3,(H2,13,14). The molecule has 16 heavy (non-hydrogen) atoms. The summed E-state index contributed by atoms with van der Waals surface area (Å²) in [6.45, 7) is 11.8. The lowest BCUT2D eigenvalue weighted by Crippen LogP contribution is -2.42. The lowest BCUT2D eigenvalue weighted by molar-refractivity contribution is 0.171. The minimum absolute atomic E-state index is 0.543. The Morgan fingerprint density at radius 2 is 1.88 bits per heavy atom. The van der Waals surface area contributed by atoms with Crippen LogP contribution in [0.15, 0.2) is 4.99 Å². The average molecular weight is 229 g/mol. The molecule has 0 saturated heterocycles. The molecule has 0 atom stereocenters. The maximum Gasteiger partial charge on any atom is 0.191 e. The molecule has 0 aliphatic rings. The fourth-order valence-electron chi connectivity index (χ4n) is 1.32. The minimum atomic E-state index is 0.543. The second-order valence-electron chi connectivity index (χ2n) is 4.93. The van der Waals surface area contributed by atoms with Crippen LogP contribution in [0.1, 0.15) is 27.7 Å². The highest BCUT2D eigenvalue weighted by molar-refractivity contribution is 5.78. The van der Waals surface area contributed by atoms with E-state index in [0.29, 0.717) is 24.4 Å². The normalized spacial score (nSPS) is 12.6. The molecule has 0 spiro atoms. The predicted octanol–water partition coefficient (Wildman–Crippen LogP) is 1.56. The number of ether oxygens (including phenoxy) is 1. The zero-order valence-corrected chi connectivity index (χ0v) is 11.4. The topological polar surface area (TPSA) is 50.9 Å². The first-order valence-corrected chi connectivity index (χ1v) is 6.01. The first-order valence-electron chi connectivity index (χ1n) is 6.01. The molecule has 0 rings (SSSR count). The Kier molecular flexibility index (Phi) is 7.99. The van der Waals surface area contributed by atoms with Crippen molar-refractivity contribution in [2.45, 2.75) is 27.7 Å². The highest BCUT2D eigenvalue weighted by Gasteiger charge is 2.09. The van der Waals surface area contributed by atoms with Gasteiger partial charge in [0.1, 0.15) is 0 Å². The Morgan fingerprint density at radius 1 is 1.25 bits per heavy atom. The van der Waals surface area contributed by atoms with Crippen LogP contribution in [0.3, 0.4) is 0 Å². The van der Waals surface area contributed by atoms with Crippen molar-refractivity contribution in [3.05, 3.63) is 0 Å². The molecule has 0 unspecified atom stereocenters. The van der Waals surface area contributed by atoms with E-state index < -0.39 is 0 Å². The average Bonchev–Trinajstić information content (AvgIpc) is 2.20. The van der Waals surface area contributed by atoms with Gasteiger partial charge in [-0.15, -0.1) is 0 Å². The molecule has 0 aromatic rings. The van der Waals surface area contributed by atoms with E-state index in [1.807, 2.05) is 0 Å². The van der Waals surface area contributed by atoms with E-state index in [-0.39, 0.29) is 0 Å². The molecule has 0 radical (unpaired) electrons. The number of hydrogen-bond acceptors (Lipinski definition) is 2. The van der Waals surface area contributed by atoms with Crippen LogP contribution >= 0.6 is 0 Å². The highest BCUT2D eigenvalue weighted by Crippen LogP contribution is 2.00. The van der Waals surface area contributed by atoms with Gasteiger partial charge in [0, 0.05) is 26.7 Å². The smallest absolute Gasteiger partial charge is 0.191 e. The summed E-state index contributed by atoms with van der Waals surface area (Å²) in [6.07, 6.45) is 0. The van der Waals surface area contributed by atoms with Crippen molar-refractivity contribution in [3.63, 3.8) is 0 Å². The van der Waals surface area contributed by atoms with E-state index >= 15 is 0 Å². The number of guanidine groups is 1. The third-order valence-electron chi connectivity index (χ3n) is 2.09. The quantitative estimate of drug-likeness (QED) is 0.532. The largest absolute Gasteiger partial charge is 0.383 e. The number of nitrogens with two attached hydrogens (primary N) is 1. The molecule has 0 bridgehead atoms. The molecule has 0 heterocycles. The summed E-state index contributed by atoms with van der Waals surface area (Å²) in [5.41, 5.74) is 5.98. The number of rotatable bonds is 7. The van der Waals surface area contributed by atoms with Gasteiger partial charge in [0.2, 0.25) is 0 Å². The summed E-state index contributed by atoms with van der Waals surface area (Å²) in [6, 6.07) is 0. The summed E-state index contributed by atoms with van der Waals surface area (Å²) < 4.78 is 5.08. The van der Waals surface area contributed by atoms with Crippen molar-refractivity contribution < 1.29 is 4.74 Å². The van der Waals surface area contributed by atoms with E-state index in [1.54, 1.807) is 7.11 Å². The molecule has 0 saturated carbocycles. The fourth-order valence-corrected chi connectivity index (χ4v) is 1.32. The van der Waals surface area contributed by atoms with Gasteiger partial charge in [-0.2, -0.15) is 0 Å². The highest BCUT2D eigenvalue weighted by atomic mass is 16.5. The van der Waals surface area contributed by atoms with Gasteiger partial charge in [0.25, 0.3) is 0 Å². The SMILES string of the molecule is COCCN(CC(C)C)C(N)=NCC(C)C. The second kappa shape index (κ2) is 8.39. The Labute approximate surface area is 99.9 Å². The Hall–Kier alpha value is -0.770. The first kappa shape index (κ1) is 15.2. The van der Waals surface area contributed by atoms with E-state index in [4.69, 9.17) is 10.5 Å². The van der Waals surface area contributed by atoms with Crippen LogP contribution in [0, 0.1) is 11.8 Å². The van der Waals surface area contributed by atoms with Crippen molar-refractivity contribution in [1.29, 1.82) is 0 Å². The summed E-state index contributed by atoms with van der Waals surface area (Å²) in [4.78, 5) is 6.49. The van der Waals surface area contributed by atoms with Gasteiger partial charge in [-0.25, -0.2) is 0 Å². The third kappa shape index (κ3) is 7.51. The van der Waals surface area contributed by atoms with E-state index in [9.17, 15) is 0 Å². The molecule has 2 N–H and O–H groups in total. The van der Waals surface area contributed by atoms with Gasteiger partial charge < -0.3 is 15.4 Å².